The van der Waals surface area contributed by atoms with Gasteiger partial charge < -0.3 is 0 Å². The van der Waals surface area contributed by atoms with Crippen LogP contribution >= 0.6 is 15.9 Å². The van der Waals surface area contributed by atoms with Crippen LogP contribution in [0.2, 0.25) is 0 Å². The summed E-state index contributed by atoms with van der Waals surface area (Å²) >= 11 is 3.30. The van der Waals surface area contributed by atoms with Crippen LogP contribution < -0.4 is 4.72 Å². The standard InChI is InChI=1S/C15H12BrNO2S/c1-3-12-6-7-13(16)10-15(12)17-20(18,19)14-8-4-11(2)5-9-14/h1,4-10,17H,2H3. The Labute approximate surface area is 127 Å². The Morgan fingerprint density at radius 1 is 1.15 bits per heavy atom. The quantitative estimate of drug-likeness (QED) is 0.861. The molecule has 0 amide bonds. The maximum atomic E-state index is 12.3. The van der Waals surface area contributed by atoms with E-state index >= 15 is 0 Å². The molecular weight excluding hydrogens is 338 g/mol. The van der Waals surface area contributed by atoms with Crippen molar-refractivity contribution in [1.82, 2.24) is 0 Å². The number of halogens is 1. The van der Waals surface area contributed by atoms with Gasteiger partial charge in [-0.15, -0.1) is 6.42 Å². The van der Waals surface area contributed by atoms with Gasteiger partial charge in [-0.2, -0.15) is 0 Å². The van der Waals surface area contributed by atoms with E-state index in [0.717, 1.165) is 10.0 Å². The van der Waals surface area contributed by atoms with Gasteiger partial charge >= 0.3 is 0 Å². The molecule has 0 unspecified atom stereocenters. The molecule has 0 fully saturated rings. The minimum absolute atomic E-state index is 0.200. The molecule has 5 heteroatoms. The minimum Gasteiger partial charge on any atom is -0.278 e. The number of benzene rings is 2. The molecule has 0 aromatic heterocycles. The molecule has 20 heavy (non-hydrogen) atoms. The monoisotopic (exact) mass is 349 g/mol. The molecule has 3 nitrogen and oxygen atoms in total. The summed E-state index contributed by atoms with van der Waals surface area (Å²) in [7, 11) is -3.65. The van der Waals surface area contributed by atoms with Crippen molar-refractivity contribution in [3.05, 3.63) is 58.1 Å². The molecule has 0 spiro atoms. The number of terminal acetylenes is 1. The Balaban J connectivity index is 2.41. The number of sulfonamides is 1. The SMILES string of the molecule is C#Cc1ccc(Br)cc1NS(=O)(=O)c1ccc(C)cc1. The lowest BCUT2D eigenvalue weighted by Crippen LogP contribution is -2.13. The van der Waals surface area contributed by atoms with Gasteiger partial charge in [0.25, 0.3) is 10.0 Å². The van der Waals surface area contributed by atoms with Crippen LogP contribution in [0.5, 0.6) is 0 Å². The Morgan fingerprint density at radius 2 is 1.80 bits per heavy atom. The smallest absolute Gasteiger partial charge is 0.261 e. The summed E-state index contributed by atoms with van der Waals surface area (Å²) in [5.41, 5.74) is 1.86. The number of anilines is 1. The molecule has 0 heterocycles. The summed E-state index contributed by atoms with van der Waals surface area (Å²) in [6, 6.07) is 11.7. The molecule has 102 valence electrons. The fraction of sp³-hybridized carbons (Fsp3) is 0.0667. The first-order valence-corrected chi connectivity index (χ1v) is 8.05. The van der Waals surface area contributed by atoms with Gasteiger partial charge in [-0.05, 0) is 37.3 Å². The van der Waals surface area contributed by atoms with Gasteiger partial charge in [0, 0.05) is 10.0 Å². The molecule has 2 rings (SSSR count). The molecular formula is C15H12BrNO2S. The summed E-state index contributed by atoms with van der Waals surface area (Å²) in [5.74, 6) is 2.46. The van der Waals surface area contributed by atoms with Crippen molar-refractivity contribution in [3.63, 3.8) is 0 Å². The van der Waals surface area contributed by atoms with Crippen molar-refractivity contribution in [2.75, 3.05) is 4.72 Å². The van der Waals surface area contributed by atoms with Gasteiger partial charge in [-0.3, -0.25) is 4.72 Å². The van der Waals surface area contributed by atoms with Crippen LogP contribution in [-0.4, -0.2) is 8.42 Å². The van der Waals surface area contributed by atoms with E-state index in [2.05, 4.69) is 26.6 Å². The Bertz CT molecular complexity index is 775. The van der Waals surface area contributed by atoms with Crippen LogP contribution in [0.15, 0.2) is 51.8 Å². The van der Waals surface area contributed by atoms with Crippen LogP contribution in [0, 0.1) is 19.3 Å². The van der Waals surface area contributed by atoms with E-state index in [9.17, 15) is 8.42 Å². The molecule has 0 saturated heterocycles. The molecule has 0 aliphatic carbocycles. The highest BCUT2D eigenvalue weighted by molar-refractivity contribution is 9.10. The van der Waals surface area contributed by atoms with E-state index in [1.807, 2.05) is 6.92 Å². The number of nitrogens with one attached hydrogen (secondary N) is 1. The maximum absolute atomic E-state index is 12.3. The summed E-state index contributed by atoms with van der Waals surface area (Å²) in [6.07, 6.45) is 5.38. The molecule has 1 N–H and O–H groups in total. The van der Waals surface area contributed by atoms with Gasteiger partial charge in [0.1, 0.15) is 0 Å². The lowest BCUT2D eigenvalue weighted by atomic mass is 10.2. The van der Waals surface area contributed by atoms with E-state index in [-0.39, 0.29) is 4.90 Å². The predicted molar refractivity (Wildman–Crippen MR) is 84.1 cm³/mol. The van der Waals surface area contributed by atoms with E-state index < -0.39 is 10.0 Å². The molecule has 2 aromatic carbocycles. The van der Waals surface area contributed by atoms with Crippen molar-refractivity contribution < 1.29 is 8.42 Å². The zero-order chi connectivity index (χ0) is 14.8. The Kier molecular flexibility index (Phi) is 4.17. The molecule has 0 bridgehead atoms. The molecule has 0 saturated carbocycles. The first-order chi connectivity index (χ1) is 9.42. The predicted octanol–water partition coefficient (Wildman–Crippen LogP) is 3.54. The highest BCUT2D eigenvalue weighted by Crippen LogP contribution is 2.24. The van der Waals surface area contributed by atoms with Gasteiger partial charge in [0.2, 0.25) is 0 Å². The van der Waals surface area contributed by atoms with E-state index in [0.29, 0.717) is 11.3 Å². The highest BCUT2D eigenvalue weighted by atomic mass is 79.9. The maximum Gasteiger partial charge on any atom is 0.261 e. The van der Waals surface area contributed by atoms with Crippen molar-refractivity contribution in [2.24, 2.45) is 0 Å². The van der Waals surface area contributed by atoms with E-state index in [4.69, 9.17) is 6.42 Å². The van der Waals surface area contributed by atoms with Crippen LogP contribution in [0.3, 0.4) is 0 Å². The van der Waals surface area contributed by atoms with Gasteiger partial charge in [-0.1, -0.05) is 39.5 Å². The lowest BCUT2D eigenvalue weighted by Gasteiger charge is -2.10. The second-order valence-electron chi connectivity index (χ2n) is 4.25. The van der Waals surface area contributed by atoms with Gasteiger partial charge in [0.15, 0.2) is 0 Å². The first-order valence-electron chi connectivity index (χ1n) is 5.78. The Hall–Kier alpha value is -1.77. The minimum atomic E-state index is -3.65. The van der Waals surface area contributed by atoms with Crippen LogP contribution in [0.1, 0.15) is 11.1 Å². The zero-order valence-electron chi connectivity index (χ0n) is 10.7. The molecule has 0 aliphatic rings. The van der Waals surface area contributed by atoms with E-state index in [1.165, 1.54) is 0 Å². The molecule has 2 aromatic rings. The van der Waals surface area contributed by atoms with Gasteiger partial charge in [0.05, 0.1) is 10.6 Å². The normalized spacial score (nSPS) is 10.8. The van der Waals surface area contributed by atoms with Crippen LogP contribution in [0.25, 0.3) is 0 Å². The number of hydrogen-bond acceptors (Lipinski definition) is 2. The summed E-state index contributed by atoms with van der Waals surface area (Å²) in [4.78, 5) is 0.200. The first kappa shape index (κ1) is 14.6. The number of rotatable bonds is 3. The molecule has 0 radical (unpaired) electrons. The number of hydrogen-bond donors (Lipinski definition) is 1. The third kappa shape index (κ3) is 3.21. The number of aryl methyl sites for hydroxylation is 1. The van der Waals surface area contributed by atoms with Crippen LogP contribution in [0.4, 0.5) is 5.69 Å². The average Bonchev–Trinajstić information content (AvgIpc) is 2.39. The Morgan fingerprint density at radius 3 is 2.40 bits per heavy atom. The largest absolute Gasteiger partial charge is 0.278 e. The lowest BCUT2D eigenvalue weighted by molar-refractivity contribution is 0.601. The third-order valence-corrected chi connectivity index (χ3v) is 4.59. The zero-order valence-corrected chi connectivity index (χ0v) is 13.1. The van der Waals surface area contributed by atoms with E-state index in [1.54, 1.807) is 42.5 Å². The van der Waals surface area contributed by atoms with Crippen molar-refractivity contribution in [3.8, 4) is 12.3 Å². The van der Waals surface area contributed by atoms with Gasteiger partial charge in [-0.25, -0.2) is 8.42 Å². The van der Waals surface area contributed by atoms with Crippen molar-refractivity contribution in [1.29, 1.82) is 0 Å². The fourth-order valence-corrected chi connectivity index (χ4v) is 3.08. The third-order valence-electron chi connectivity index (χ3n) is 2.71. The summed E-state index contributed by atoms with van der Waals surface area (Å²) < 4.78 is 27.9. The summed E-state index contributed by atoms with van der Waals surface area (Å²) in [5, 5.41) is 0. The molecule has 0 atom stereocenters. The highest BCUT2D eigenvalue weighted by Gasteiger charge is 2.15. The van der Waals surface area contributed by atoms with Crippen LogP contribution in [-0.2, 0) is 10.0 Å². The van der Waals surface area contributed by atoms with Crippen molar-refractivity contribution >= 4 is 31.6 Å². The molecule has 0 aliphatic heterocycles. The topological polar surface area (TPSA) is 46.2 Å². The second kappa shape index (κ2) is 5.70. The fourth-order valence-electron chi connectivity index (χ4n) is 1.65. The summed E-state index contributed by atoms with van der Waals surface area (Å²) in [6.45, 7) is 1.90. The second-order valence-corrected chi connectivity index (χ2v) is 6.85. The van der Waals surface area contributed by atoms with Crippen molar-refractivity contribution in [2.45, 2.75) is 11.8 Å². The average molecular weight is 350 g/mol.